The highest BCUT2D eigenvalue weighted by Gasteiger charge is 2.34. The third kappa shape index (κ3) is 17.8. The van der Waals surface area contributed by atoms with E-state index in [4.69, 9.17) is 47.4 Å². The lowest BCUT2D eigenvalue weighted by Crippen LogP contribution is -2.33. The SMILES string of the molecule is O=C1c2ccccc2C(=O)N1CCOCCOCCOCCOCCOCCOCCOCCOCCOCCOC1CCNCC1. The lowest BCUT2D eigenvalue weighted by molar-refractivity contribution is -0.0322. The zero-order valence-corrected chi connectivity index (χ0v) is 27.7. The monoisotopic (exact) mass is 670 g/mol. The number of carbonyl (C=O) groups is 2. The van der Waals surface area contributed by atoms with Crippen LogP contribution in [0.25, 0.3) is 0 Å². The standard InChI is InChI=1S/C33H54N2O12/c36-32-30-3-1-2-4-31(30)33(37)35(32)9-10-38-11-12-39-13-14-40-15-16-41-17-18-42-19-20-43-21-22-44-23-24-45-25-26-46-27-28-47-29-5-7-34-8-6-29/h1-4,29,34H,5-28H2. The first-order chi connectivity index (χ1) is 23.3. The number of hydrogen-bond acceptors (Lipinski definition) is 13. The Morgan fingerprint density at radius 2 is 0.809 bits per heavy atom. The molecule has 2 amide bonds. The number of nitrogens with zero attached hydrogens (tertiary/aromatic N) is 1. The van der Waals surface area contributed by atoms with Crippen molar-refractivity contribution in [2.24, 2.45) is 0 Å². The molecule has 2 aliphatic rings. The summed E-state index contributed by atoms with van der Waals surface area (Å²) in [4.78, 5) is 25.8. The second kappa shape index (κ2) is 26.8. The van der Waals surface area contributed by atoms with Crippen molar-refractivity contribution in [3.05, 3.63) is 35.4 Å². The van der Waals surface area contributed by atoms with Crippen LogP contribution in [0.3, 0.4) is 0 Å². The number of amides is 2. The second-order valence-electron chi connectivity index (χ2n) is 10.6. The van der Waals surface area contributed by atoms with Gasteiger partial charge in [-0.05, 0) is 38.1 Å². The molecule has 1 aromatic carbocycles. The molecule has 1 fully saturated rings. The van der Waals surface area contributed by atoms with Crippen molar-refractivity contribution in [3.8, 4) is 0 Å². The Bertz CT molecular complexity index is 915. The van der Waals surface area contributed by atoms with Gasteiger partial charge in [-0.3, -0.25) is 14.5 Å². The van der Waals surface area contributed by atoms with Crippen LogP contribution in [0.15, 0.2) is 24.3 Å². The highest BCUT2D eigenvalue weighted by Crippen LogP contribution is 2.21. The predicted molar refractivity (Wildman–Crippen MR) is 171 cm³/mol. The minimum absolute atomic E-state index is 0.217. The molecule has 14 heteroatoms. The first-order valence-corrected chi connectivity index (χ1v) is 16.7. The summed E-state index contributed by atoms with van der Waals surface area (Å²) in [6, 6.07) is 6.83. The van der Waals surface area contributed by atoms with E-state index in [9.17, 15) is 9.59 Å². The minimum atomic E-state index is -0.275. The van der Waals surface area contributed by atoms with E-state index in [1.54, 1.807) is 24.3 Å². The molecule has 0 radical (unpaired) electrons. The molecule has 0 spiro atoms. The maximum atomic E-state index is 12.3. The lowest BCUT2D eigenvalue weighted by Gasteiger charge is -2.22. The van der Waals surface area contributed by atoms with Crippen LogP contribution in [0.2, 0.25) is 0 Å². The molecule has 0 unspecified atom stereocenters. The van der Waals surface area contributed by atoms with E-state index in [2.05, 4.69) is 5.32 Å². The van der Waals surface area contributed by atoms with Gasteiger partial charge in [0.15, 0.2) is 0 Å². The van der Waals surface area contributed by atoms with E-state index in [1.807, 2.05) is 0 Å². The summed E-state index contributed by atoms with van der Waals surface area (Å²) < 4.78 is 55.2. The number of hydrogen-bond donors (Lipinski definition) is 1. The molecule has 1 N–H and O–H groups in total. The van der Waals surface area contributed by atoms with Gasteiger partial charge in [-0.2, -0.15) is 0 Å². The molecule has 0 saturated carbocycles. The van der Waals surface area contributed by atoms with Crippen LogP contribution < -0.4 is 5.32 Å². The summed E-state index contributed by atoms with van der Waals surface area (Å²) in [5.74, 6) is -0.551. The number of nitrogens with one attached hydrogen (secondary N) is 1. The van der Waals surface area contributed by atoms with Crippen molar-refractivity contribution < 1.29 is 57.0 Å². The number of ether oxygens (including phenoxy) is 10. The number of fused-ring (bicyclic) bond motifs is 1. The van der Waals surface area contributed by atoms with Gasteiger partial charge in [0.1, 0.15) is 0 Å². The van der Waals surface area contributed by atoms with E-state index < -0.39 is 0 Å². The summed E-state index contributed by atoms with van der Waals surface area (Å²) in [6.45, 7) is 11.5. The van der Waals surface area contributed by atoms with E-state index in [0.29, 0.717) is 136 Å². The molecule has 0 aliphatic carbocycles. The molecule has 0 atom stereocenters. The summed E-state index contributed by atoms with van der Waals surface area (Å²) in [6.07, 6.45) is 2.51. The van der Waals surface area contributed by atoms with Gasteiger partial charge in [0.2, 0.25) is 0 Å². The maximum absolute atomic E-state index is 12.3. The third-order valence-electron chi connectivity index (χ3n) is 7.18. The van der Waals surface area contributed by atoms with Gasteiger partial charge >= 0.3 is 0 Å². The van der Waals surface area contributed by atoms with Gasteiger partial charge in [0.05, 0.1) is 149 Å². The maximum Gasteiger partial charge on any atom is 0.261 e. The molecule has 1 saturated heterocycles. The Morgan fingerprint density at radius 3 is 1.17 bits per heavy atom. The van der Waals surface area contributed by atoms with Crippen molar-refractivity contribution in [2.75, 3.05) is 145 Å². The smallest absolute Gasteiger partial charge is 0.261 e. The molecular formula is C33H54N2O12. The summed E-state index contributed by atoms with van der Waals surface area (Å²) >= 11 is 0. The number of imide groups is 1. The summed E-state index contributed by atoms with van der Waals surface area (Å²) in [5, 5.41) is 3.32. The Hall–Kier alpha value is -2.08. The van der Waals surface area contributed by atoms with Gasteiger partial charge < -0.3 is 52.7 Å². The largest absolute Gasteiger partial charge is 0.377 e. The number of carbonyl (C=O) groups excluding carboxylic acids is 2. The number of rotatable bonds is 31. The van der Waals surface area contributed by atoms with Gasteiger partial charge in [0.25, 0.3) is 11.8 Å². The fourth-order valence-corrected chi connectivity index (χ4v) is 4.70. The van der Waals surface area contributed by atoms with Crippen molar-refractivity contribution in [1.29, 1.82) is 0 Å². The fraction of sp³-hybridized carbons (Fsp3) is 0.758. The Balaban J connectivity index is 0.926. The van der Waals surface area contributed by atoms with Gasteiger partial charge in [-0.1, -0.05) is 12.1 Å². The van der Waals surface area contributed by atoms with E-state index in [1.165, 1.54) is 4.90 Å². The van der Waals surface area contributed by atoms with Crippen LogP contribution in [0.4, 0.5) is 0 Å². The van der Waals surface area contributed by atoms with E-state index in [0.717, 1.165) is 25.9 Å². The van der Waals surface area contributed by atoms with Crippen molar-refractivity contribution in [3.63, 3.8) is 0 Å². The average molecular weight is 671 g/mol. The van der Waals surface area contributed by atoms with Crippen molar-refractivity contribution >= 4 is 11.8 Å². The van der Waals surface area contributed by atoms with Crippen LogP contribution in [0, 0.1) is 0 Å². The molecule has 3 rings (SSSR count). The second-order valence-corrected chi connectivity index (χ2v) is 10.6. The molecule has 268 valence electrons. The topological polar surface area (TPSA) is 142 Å². The molecular weight excluding hydrogens is 616 g/mol. The molecule has 1 aromatic rings. The van der Waals surface area contributed by atoms with E-state index in [-0.39, 0.29) is 25.0 Å². The van der Waals surface area contributed by atoms with E-state index >= 15 is 0 Å². The molecule has 2 aliphatic heterocycles. The zero-order chi connectivity index (χ0) is 33.0. The van der Waals surface area contributed by atoms with Crippen molar-refractivity contribution in [1.82, 2.24) is 10.2 Å². The third-order valence-corrected chi connectivity index (χ3v) is 7.18. The molecule has 0 aromatic heterocycles. The lowest BCUT2D eigenvalue weighted by atomic mass is 10.1. The highest BCUT2D eigenvalue weighted by molar-refractivity contribution is 6.21. The molecule has 0 bridgehead atoms. The normalized spacial score (nSPS) is 15.2. The molecule has 47 heavy (non-hydrogen) atoms. The Morgan fingerprint density at radius 1 is 0.489 bits per heavy atom. The number of benzene rings is 1. The first kappa shape index (κ1) is 39.4. The highest BCUT2D eigenvalue weighted by atomic mass is 16.6. The predicted octanol–water partition coefficient (Wildman–Crippen LogP) is 1.20. The van der Waals surface area contributed by atoms with Crippen LogP contribution >= 0.6 is 0 Å². The minimum Gasteiger partial charge on any atom is -0.377 e. The Labute approximate surface area is 278 Å². The Kier molecular flexibility index (Phi) is 22.5. The first-order valence-electron chi connectivity index (χ1n) is 16.7. The summed E-state index contributed by atoms with van der Waals surface area (Å²) in [5.41, 5.74) is 0.888. The summed E-state index contributed by atoms with van der Waals surface area (Å²) in [7, 11) is 0. The molecule has 2 heterocycles. The van der Waals surface area contributed by atoms with Gasteiger partial charge in [0, 0.05) is 0 Å². The zero-order valence-electron chi connectivity index (χ0n) is 27.7. The number of piperidine rings is 1. The van der Waals surface area contributed by atoms with Crippen LogP contribution in [-0.2, 0) is 47.4 Å². The van der Waals surface area contributed by atoms with Crippen LogP contribution in [-0.4, -0.2) is 168 Å². The van der Waals surface area contributed by atoms with Crippen LogP contribution in [0.5, 0.6) is 0 Å². The quantitative estimate of drug-likeness (QED) is 0.0894. The fourth-order valence-electron chi connectivity index (χ4n) is 4.70. The van der Waals surface area contributed by atoms with Crippen LogP contribution in [0.1, 0.15) is 33.6 Å². The van der Waals surface area contributed by atoms with Gasteiger partial charge in [-0.15, -0.1) is 0 Å². The van der Waals surface area contributed by atoms with Crippen molar-refractivity contribution in [2.45, 2.75) is 18.9 Å². The average Bonchev–Trinajstić information content (AvgIpc) is 3.34. The molecule has 14 nitrogen and oxygen atoms in total. The van der Waals surface area contributed by atoms with Gasteiger partial charge in [-0.25, -0.2) is 0 Å².